The molecule has 1 N–H and O–H groups in total. The minimum absolute atomic E-state index is 0.0601. The second kappa shape index (κ2) is 6.25. The zero-order chi connectivity index (χ0) is 13.0. The van der Waals surface area contributed by atoms with Gasteiger partial charge in [0.2, 0.25) is 0 Å². The van der Waals surface area contributed by atoms with E-state index < -0.39 is 0 Å². The van der Waals surface area contributed by atoms with Gasteiger partial charge in [0.25, 0.3) is 0 Å². The number of rotatable bonds is 6. The van der Waals surface area contributed by atoms with Gasteiger partial charge in [0.15, 0.2) is 4.67 Å². The monoisotopic (exact) mass is 311 g/mol. The van der Waals surface area contributed by atoms with Gasteiger partial charge >= 0.3 is 0 Å². The summed E-state index contributed by atoms with van der Waals surface area (Å²) in [5, 5.41) is 3.50. The first-order valence-electron chi connectivity index (χ1n) is 6.31. The molecule has 0 radical (unpaired) electrons. The Morgan fingerprint density at radius 1 is 1.28 bits per heavy atom. The zero-order valence-electron chi connectivity index (χ0n) is 10.7. The van der Waals surface area contributed by atoms with Crippen LogP contribution in [0.3, 0.4) is 0 Å². The van der Waals surface area contributed by atoms with Gasteiger partial charge in [-0.15, -0.1) is 0 Å². The van der Waals surface area contributed by atoms with Crippen molar-refractivity contribution in [3.8, 4) is 0 Å². The number of hydrogen-bond acceptors (Lipinski definition) is 3. The predicted molar refractivity (Wildman–Crippen MR) is 74.6 cm³/mol. The molecule has 3 nitrogen and oxygen atoms in total. The topological polar surface area (TPSA) is 38.3 Å². The van der Waals surface area contributed by atoms with E-state index in [1.165, 1.54) is 0 Å². The van der Waals surface area contributed by atoms with Gasteiger partial charge in [0.1, 0.15) is 11.5 Å². The number of halogens is 1. The van der Waals surface area contributed by atoms with E-state index in [0.717, 1.165) is 41.1 Å². The van der Waals surface area contributed by atoms with E-state index in [0.29, 0.717) is 0 Å². The molecule has 2 aromatic heterocycles. The maximum atomic E-state index is 5.68. The quantitative estimate of drug-likeness (QED) is 0.865. The lowest BCUT2D eigenvalue weighted by atomic mass is 10.0. The van der Waals surface area contributed by atoms with Crippen molar-refractivity contribution in [2.75, 3.05) is 6.54 Å². The van der Waals surface area contributed by atoms with Crippen LogP contribution in [-0.2, 0) is 6.42 Å². The molecule has 98 valence electrons. The third-order valence-electron chi connectivity index (χ3n) is 2.89. The van der Waals surface area contributed by atoms with Crippen molar-refractivity contribution < 1.29 is 8.83 Å². The van der Waals surface area contributed by atoms with Crippen LogP contribution in [0.25, 0.3) is 0 Å². The second-order valence-electron chi connectivity index (χ2n) is 4.18. The number of hydrogen-bond donors (Lipinski definition) is 1. The molecule has 0 saturated heterocycles. The molecule has 18 heavy (non-hydrogen) atoms. The number of nitrogens with one attached hydrogen (secondary N) is 1. The molecule has 0 aromatic carbocycles. The van der Waals surface area contributed by atoms with Crippen molar-refractivity contribution in [2.45, 2.75) is 32.7 Å². The average molecular weight is 312 g/mol. The van der Waals surface area contributed by atoms with Crippen LogP contribution in [-0.4, -0.2) is 6.54 Å². The van der Waals surface area contributed by atoms with Crippen molar-refractivity contribution in [1.82, 2.24) is 5.32 Å². The Labute approximate surface area is 116 Å². The zero-order valence-corrected chi connectivity index (χ0v) is 12.3. The smallest absolute Gasteiger partial charge is 0.169 e. The highest BCUT2D eigenvalue weighted by molar-refractivity contribution is 9.10. The van der Waals surface area contributed by atoms with Crippen LogP contribution in [0, 0.1) is 0 Å². The molecule has 0 spiro atoms. The largest absolute Gasteiger partial charge is 0.469 e. The van der Waals surface area contributed by atoms with Crippen molar-refractivity contribution in [2.24, 2.45) is 0 Å². The Hall–Kier alpha value is -1.00. The van der Waals surface area contributed by atoms with Crippen molar-refractivity contribution >= 4 is 15.9 Å². The molecular weight excluding hydrogens is 294 g/mol. The fourth-order valence-corrected chi connectivity index (χ4v) is 2.35. The third-order valence-corrected chi connectivity index (χ3v) is 3.32. The summed E-state index contributed by atoms with van der Waals surface area (Å²) in [5.41, 5.74) is 1.16. The van der Waals surface area contributed by atoms with Gasteiger partial charge in [-0.25, -0.2) is 0 Å². The standard InChI is InChI=1S/C14H18BrNO2/c1-3-8-16-14(12-5-6-13(15)18-12)10-7-9-17-11(10)4-2/h5-7,9,14,16H,3-4,8H2,1-2H3. The van der Waals surface area contributed by atoms with Crippen LogP contribution in [0.15, 0.2) is 38.0 Å². The molecule has 4 heteroatoms. The summed E-state index contributed by atoms with van der Waals surface area (Å²) in [6, 6.07) is 5.98. The Kier molecular flexibility index (Phi) is 4.66. The summed E-state index contributed by atoms with van der Waals surface area (Å²) in [4.78, 5) is 0. The average Bonchev–Trinajstić information content (AvgIpc) is 2.99. The van der Waals surface area contributed by atoms with Crippen LogP contribution < -0.4 is 5.32 Å². The lowest BCUT2D eigenvalue weighted by Gasteiger charge is -2.16. The van der Waals surface area contributed by atoms with Gasteiger partial charge in [-0.3, -0.25) is 0 Å². The fraction of sp³-hybridized carbons (Fsp3) is 0.429. The summed E-state index contributed by atoms with van der Waals surface area (Å²) < 4.78 is 11.9. The lowest BCUT2D eigenvalue weighted by Crippen LogP contribution is -2.23. The van der Waals surface area contributed by atoms with Gasteiger partial charge in [-0.05, 0) is 47.1 Å². The van der Waals surface area contributed by atoms with E-state index in [9.17, 15) is 0 Å². The van der Waals surface area contributed by atoms with E-state index >= 15 is 0 Å². The lowest BCUT2D eigenvalue weighted by molar-refractivity contribution is 0.425. The van der Waals surface area contributed by atoms with Crippen LogP contribution in [0.4, 0.5) is 0 Å². The molecule has 0 bridgehead atoms. The summed E-state index contributed by atoms with van der Waals surface area (Å²) in [7, 11) is 0. The van der Waals surface area contributed by atoms with Crippen LogP contribution in [0.2, 0.25) is 0 Å². The molecule has 2 heterocycles. The third kappa shape index (κ3) is 2.87. The van der Waals surface area contributed by atoms with E-state index in [1.807, 2.05) is 18.2 Å². The summed E-state index contributed by atoms with van der Waals surface area (Å²) in [6.45, 7) is 5.19. The summed E-state index contributed by atoms with van der Waals surface area (Å²) in [6.07, 6.45) is 3.71. The van der Waals surface area contributed by atoms with Crippen LogP contribution in [0.5, 0.6) is 0 Å². The number of aryl methyl sites for hydroxylation is 1. The normalized spacial score (nSPS) is 12.8. The molecule has 1 unspecified atom stereocenters. The Morgan fingerprint density at radius 2 is 2.11 bits per heavy atom. The van der Waals surface area contributed by atoms with Gasteiger partial charge in [-0.1, -0.05) is 13.8 Å². The van der Waals surface area contributed by atoms with Crippen molar-refractivity contribution in [3.05, 3.63) is 46.2 Å². The molecule has 0 aliphatic carbocycles. The molecular formula is C14H18BrNO2. The maximum absolute atomic E-state index is 5.68. The molecule has 0 aliphatic rings. The fourth-order valence-electron chi connectivity index (χ4n) is 2.03. The van der Waals surface area contributed by atoms with Gasteiger partial charge < -0.3 is 14.2 Å². The van der Waals surface area contributed by atoms with E-state index in [4.69, 9.17) is 8.83 Å². The Bertz CT molecular complexity index is 489. The molecule has 0 amide bonds. The molecule has 1 atom stereocenters. The second-order valence-corrected chi connectivity index (χ2v) is 4.96. The minimum Gasteiger partial charge on any atom is -0.469 e. The minimum atomic E-state index is 0.0601. The highest BCUT2D eigenvalue weighted by Gasteiger charge is 2.21. The highest BCUT2D eigenvalue weighted by atomic mass is 79.9. The number of furan rings is 2. The molecule has 2 rings (SSSR count). The first-order valence-corrected chi connectivity index (χ1v) is 7.10. The van der Waals surface area contributed by atoms with Gasteiger partial charge in [-0.2, -0.15) is 0 Å². The molecule has 2 aromatic rings. The Morgan fingerprint density at radius 3 is 2.72 bits per heavy atom. The van der Waals surface area contributed by atoms with Crippen LogP contribution >= 0.6 is 15.9 Å². The summed E-state index contributed by atoms with van der Waals surface area (Å²) in [5.74, 6) is 1.92. The van der Waals surface area contributed by atoms with Crippen LogP contribution in [0.1, 0.15) is 43.4 Å². The van der Waals surface area contributed by atoms with Gasteiger partial charge in [0, 0.05) is 12.0 Å². The summed E-state index contributed by atoms with van der Waals surface area (Å²) >= 11 is 3.35. The predicted octanol–water partition coefficient (Wildman–Crippen LogP) is 4.29. The van der Waals surface area contributed by atoms with E-state index in [-0.39, 0.29) is 6.04 Å². The SMILES string of the molecule is CCCNC(c1ccc(Br)o1)c1ccoc1CC. The maximum Gasteiger partial charge on any atom is 0.169 e. The van der Waals surface area contributed by atoms with E-state index in [2.05, 4.69) is 35.1 Å². The first kappa shape index (κ1) is 13.4. The Balaban J connectivity index is 2.30. The highest BCUT2D eigenvalue weighted by Crippen LogP contribution is 2.29. The van der Waals surface area contributed by atoms with Crippen molar-refractivity contribution in [1.29, 1.82) is 0 Å². The molecule has 0 aliphatic heterocycles. The molecule has 0 saturated carbocycles. The van der Waals surface area contributed by atoms with Gasteiger partial charge in [0.05, 0.1) is 12.3 Å². The van der Waals surface area contributed by atoms with E-state index in [1.54, 1.807) is 6.26 Å². The molecule has 0 fully saturated rings. The first-order chi connectivity index (χ1) is 8.76. The van der Waals surface area contributed by atoms with Crippen molar-refractivity contribution in [3.63, 3.8) is 0 Å².